The first-order valence-corrected chi connectivity index (χ1v) is 10.7. The molecule has 2 aromatic rings. The fraction of sp³-hybridized carbons (Fsp3) is 0.440. The Labute approximate surface area is 238 Å². The maximum Gasteiger partial charge on any atom is 1.00 e. The molecule has 1 aromatic heterocycles. The normalized spacial score (nSPS) is 17.5. The SMILES string of the molecule is C=C[C@@H](C=O)[C@H](C[C@@H]1NCCc2c1[nH]c1ccccc21)/C(=C/O)C(=O)OC.CC(C)(C)[O-].[K+]. The number of aromatic nitrogens is 1. The number of nitrogens with one attached hydrogen (secondary N) is 2. The van der Waals surface area contributed by atoms with Crippen molar-refractivity contribution in [2.24, 2.45) is 11.8 Å². The van der Waals surface area contributed by atoms with E-state index in [0.29, 0.717) is 6.42 Å². The number of para-hydroxylation sites is 1. The first kappa shape index (κ1) is 29.8. The molecule has 0 unspecified atom stereocenters. The maximum absolute atomic E-state index is 12.1. The largest absolute Gasteiger partial charge is 1.00 e. The van der Waals surface area contributed by atoms with E-state index in [-0.39, 0.29) is 63.0 Å². The number of rotatable bonds is 7. The Morgan fingerprint density at radius 2 is 2.00 bits per heavy atom. The number of carbonyl (C=O) groups excluding carboxylic acids is 2. The number of aldehydes is 1. The third-order valence-corrected chi connectivity index (χ3v) is 5.30. The van der Waals surface area contributed by atoms with E-state index in [1.165, 1.54) is 24.1 Å². The van der Waals surface area contributed by atoms with Crippen LogP contribution in [0.2, 0.25) is 0 Å². The van der Waals surface area contributed by atoms with Gasteiger partial charge in [0.15, 0.2) is 0 Å². The number of carbonyl (C=O) groups is 2. The molecule has 0 radical (unpaired) electrons. The summed E-state index contributed by atoms with van der Waals surface area (Å²) in [5.74, 6) is -1.81. The first-order chi connectivity index (χ1) is 15.1. The molecule has 1 aromatic carbocycles. The molecular formula is C25H33KN2O5. The molecule has 3 N–H and O–H groups in total. The molecular weight excluding hydrogens is 447 g/mol. The van der Waals surface area contributed by atoms with E-state index in [1.807, 2.05) is 18.2 Å². The van der Waals surface area contributed by atoms with E-state index in [0.717, 1.165) is 36.7 Å². The Balaban J connectivity index is 0.000000821. The van der Waals surface area contributed by atoms with E-state index >= 15 is 0 Å². The average molecular weight is 481 g/mol. The number of fused-ring (bicyclic) bond motifs is 3. The second-order valence-electron chi connectivity index (χ2n) is 8.80. The molecule has 2 heterocycles. The fourth-order valence-electron chi connectivity index (χ4n) is 3.94. The van der Waals surface area contributed by atoms with Crippen LogP contribution in [0.3, 0.4) is 0 Å². The van der Waals surface area contributed by atoms with Crippen LogP contribution in [0, 0.1) is 11.8 Å². The molecule has 0 saturated heterocycles. The van der Waals surface area contributed by atoms with Gasteiger partial charge in [0, 0.05) is 34.5 Å². The van der Waals surface area contributed by atoms with Crippen LogP contribution in [-0.2, 0) is 20.7 Å². The number of H-pyrrole nitrogens is 1. The number of allylic oxidation sites excluding steroid dienone is 1. The van der Waals surface area contributed by atoms with Crippen LogP contribution in [0.5, 0.6) is 0 Å². The molecule has 0 amide bonds. The Morgan fingerprint density at radius 1 is 1.36 bits per heavy atom. The number of methoxy groups -OCH3 is 1. The summed E-state index contributed by atoms with van der Waals surface area (Å²) in [5, 5.41) is 24.4. The standard InChI is InChI=1S/C21H24N2O4.C4H9O.K/c1-3-13(11-24)16(17(12-25)21(26)27-2)10-19-20-15(8-9-22-19)14-6-4-5-7-18(14)23-20;1-4(2,3)5;/h3-7,11-13,16,19,22-23,25H,1,8-10H2,2H3;1-3H3;/q;-1;+1/b17-12-;;/t13-,16-,19-;;/m0../s1. The number of benzene rings is 1. The summed E-state index contributed by atoms with van der Waals surface area (Å²) in [5.41, 5.74) is 2.69. The number of hydrogen-bond donors (Lipinski definition) is 3. The summed E-state index contributed by atoms with van der Waals surface area (Å²) < 4.78 is 4.78. The Kier molecular flexibility index (Phi) is 12.3. The van der Waals surface area contributed by atoms with Gasteiger partial charge >= 0.3 is 57.4 Å². The number of esters is 1. The van der Waals surface area contributed by atoms with Gasteiger partial charge in [-0.25, -0.2) is 4.79 Å². The van der Waals surface area contributed by atoms with E-state index in [4.69, 9.17) is 4.74 Å². The predicted molar refractivity (Wildman–Crippen MR) is 123 cm³/mol. The van der Waals surface area contributed by atoms with Crippen LogP contribution in [-0.4, -0.2) is 41.6 Å². The molecule has 33 heavy (non-hydrogen) atoms. The molecule has 0 fully saturated rings. The van der Waals surface area contributed by atoms with Gasteiger partial charge in [-0.05, 0) is 31.0 Å². The fourth-order valence-corrected chi connectivity index (χ4v) is 3.94. The third-order valence-electron chi connectivity index (χ3n) is 5.30. The van der Waals surface area contributed by atoms with Crippen molar-refractivity contribution < 1.29 is 75.9 Å². The van der Waals surface area contributed by atoms with Crippen molar-refractivity contribution in [1.29, 1.82) is 0 Å². The minimum absolute atomic E-state index is 0. The molecule has 7 nitrogen and oxygen atoms in total. The average Bonchev–Trinajstić information content (AvgIpc) is 3.13. The van der Waals surface area contributed by atoms with Gasteiger partial charge in [0.05, 0.1) is 18.9 Å². The Hall–Kier alpha value is -1.26. The maximum atomic E-state index is 12.1. The van der Waals surface area contributed by atoms with E-state index in [1.54, 1.807) is 20.8 Å². The molecule has 1 aliphatic rings. The van der Waals surface area contributed by atoms with Crippen LogP contribution >= 0.6 is 0 Å². The van der Waals surface area contributed by atoms with Crippen LogP contribution in [0.1, 0.15) is 44.5 Å². The van der Waals surface area contributed by atoms with E-state index in [9.17, 15) is 19.8 Å². The second kappa shape index (κ2) is 13.6. The first-order valence-electron chi connectivity index (χ1n) is 10.7. The van der Waals surface area contributed by atoms with Crippen molar-refractivity contribution >= 4 is 23.2 Å². The van der Waals surface area contributed by atoms with Gasteiger partial charge in [-0.3, -0.25) is 0 Å². The van der Waals surface area contributed by atoms with Gasteiger partial charge in [-0.15, -0.1) is 12.2 Å². The molecule has 3 atom stereocenters. The van der Waals surface area contributed by atoms with Crippen molar-refractivity contribution in [3.63, 3.8) is 0 Å². The molecule has 0 spiro atoms. The molecule has 0 aliphatic carbocycles. The Morgan fingerprint density at radius 3 is 2.55 bits per heavy atom. The van der Waals surface area contributed by atoms with Crippen LogP contribution in [0.15, 0.2) is 48.8 Å². The minimum atomic E-state index is -0.750. The zero-order chi connectivity index (χ0) is 23.9. The Bertz CT molecular complexity index is 963. The minimum Gasteiger partial charge on any atom is -0.850 e. The van der Waals surface area contributed by atoms with Crippen molar-refractivity contribution in [3.8, 4) is 0 Å². The molecule has 0 bridgehead atoms. The van der Waals surface area contributed by atoms with E-state index < -0.39 is 23.4 Å². The summed E-state index contributed by atoms with van der Waals surface area (Å²) in [6.07, 6.45) is 4.33. The van der Waals surface area contributed by atoms with Gasteiger partial charge in [0.2, 0.25) is 0 Å². The van der Waals surface area contributed by atoms with Crippen LogP contribution in [0.4, 0.5) is 0 Å². The number of aliphatic hydroxyl groups is 1. The second-order valence-corrected chi connectivity index (χ2v) is 8.80. The van der Waals surface area contributed by atoms with Gasteiger partial charge in [0.25, 0.3) is 0 Å². The summed E-state index contributed by atoms with van der Waals surface area (Å²) in [6, 6.07) is 8.04. The zero-order valence-corrected chi connectivity index (χ0v) is 23.3. The van der Waals surface area contributed by atoms with E-state index in [2.05, 4.69) is 22.9 Å². The van der Waals surface area contributed by atoms with Gasteiger partial charge in [-0.1, -0.05) is 45.0 Å². The molecule has 0 saturated carbocycles. The number of hydrogen-bond acceptors (Lipinski definition) is 6. The predicted octanol–water partition coefficient (Wildman–Crippen LogP) is 0.126. The van der Waals surface area contributed by atoms with Crippen molar-refractivity contribution in [1.82, 2.24) is 10.3 Å². The smallest absolute Gasteiger partial charge is 0.850 e. The number of aliphatic hydroxyl groups excluding tert-OH is 1. The van der Waals surface area contributed by atoms with Crippen LogP contribution in [0.25, 0.3) is 10.9 Å². The third kappa shape index (κ3) is 8.17. The summed E-state index contributed by atoms with van der Waals surface area (Å²) >= 11 is 0. The summed E-state index contributed by atoms with van der Waals surface area (Å²) in [6.45, 7) is 9.40. The van der Waals surface area contributed by atoms with Crippen molar-refractivity contribution in [2.75, 3.05) is 13.7 Å². The molecule has 8 heteroatoms. The summed E-state index contributed by atoms with van der Waals surface area (Å²) in [4.78, 5) is 27.2. The number of ether oxygens (including phenoxy) is 1. The zero-order valence-electron chi connectivity index (χ0n) is 20.2. The topological polar surface area (TPSA) is 114 Å². The molecule has 174 valence electrons. The van der Waals surface area contributed by atoms with Gasteiger partial charge < -0.3 is 30.0 Å². The van der Waals surface area contributed by atoms with Gasteiger partial charge in [-0.2, -0.15) is 0 Å². The molecule has 3 rings (SSSR count). The summed E-state index contributed by atoms with van der Waals surface area (Å²) in [7, 11) is 1.25. The van der Waals surface area contributed by atoms with Crippen molar-refractivity contribution in [3.05, 3.63) is 60.0 Å². The monoisotopic (exact) mass is 480 g/mol. The number of aromatic amines is 1. The van der Waals surface area contributed by atoms with Crippen molar-refractivity contribution in [2.45, 2.75) is 45.3 Å². The molecule has 1 aliphatic heterocycles. The van der Waals surface area contributed by atoms with Gasteiger partial charge in [0.1, 0.15) is 6.29 Å². The quantitative estimate of drug-likeness (QED) is 0.130. The van der Waals surface area contributed by atoms with Crippen LogP contribution < -0.4 is 61.8 Å².